The molecule has 420 valence electrons. The lowest BCUT2D eigenvalue weighted by Crippen LogP contribution is -2.33. The van der Waals surface area contributed by atoms with E-state index in [1.165, 1.54) is 48.5 Å². The molecule has 5 aromatic rings. The van der Waals surface area contributed by atoms with Crippen molar-refractivity contribution in [2.24, 2.45) is 0 Å². The smallest absolute Gasteiger partial charge is 0.386 e. The van der Waals surface area contributed by atoms with E-state index in [1.54, 1.807) is 0 Å². The number of rotatable bonds is 20. The Kier molecular flexibility index (Phi) is 17.0. The number of nitrogens with two attached hydrogens (primary N) is 3. The molecule has 4 fully saturated rings. The molecule has 15 atom stereocenters. The Morgan fingerprint density at radius 3 is 1.77 bits per heavy atom. The Morgan fingerprint density at radius 2 is 1.19 bits per heavy atom. The van der Waals surface area contributed by atoms with Crippen molar-refractivity contribution in [2.75, 3.05) is 43.6 Å². The van der Waals surface area contributed by atoms with Crippen LogP contribution >= 0.6 is 32.5 Å². The molecule has 0 saturated carbocycles. The number of aromatic amines is 2. The quantitative estimate of drug-likeness (QED) is 0.0310. The molecule has 0 aliphatic carbocycles. The van der Waals surface area contributed by atoms with E-state index in [1.807, 2.05) is 0 Å². The van der Waals surface area contributed by atoms with E-state index in [9.17, 15) is 48.5 Å². The average molecular weight is 1200 g/mol. The molecule has 4 aliphatic heterocycles. The molecule has 9 rings (SSSR count). The minimum Gasteiger partial charge on any atom is -0.394 e. The van der Waals surface area contributed by atoms with Crippen molar-refractivity contribution in [1.29, 1.82) is 0 Å². The molecule has 3 unspecified atom stereocenters. The highest BCUT2D eigenvalue weighted by molar-refractivity contribution is 8.44. The largest absolute Gasteiger partial charge is 0.394 e. The molecule has 0 amide bonds. The Morgan fingerprint density at radius 1 is 0.701 bits per heavy atom. The van der Waals surface area contributed by atoms with Crippen molar-refractivity contribution in [2.45, 2.75) is 106 Å². The summed E-state index contributed by atoms with van der Waals surface area (Å²) in [5, 5.41) is 20.9. The number of thiol groups is 1. The summed E-state index contributed by atoms with van der Waals surface area (Å²) < 4.78 is 77.3. The van der Waals surface area contributed by atoms with Crippen LogP contribution in [0.15, 0.2) is 61.0 Å². The van der Waals surface area contributed by atoms with Crippen molar-refractivity contribution < 1.29 is 70.7 Å². The Labute approximate surface area is 446 Å². The number of fused-ring (bicyclic) bond motifs is 1. The molecule has 5 aromatic heterocycles. The monoisotopic (exact) mass is 1200 g/mol. The van der Waals surface area contributed by atoms with E-state index in [-0.39, 0.29) is 60.0 Å². The van der Waals surface area contributed by atoms with Crippen molar-refractivity contribution in [1.82, 2.24) is 48.2 Å². The van der Waals surface area contributed by atoms with Crippen LogP contribution in [0, 0.1) is 6.92 Å². The molecule has 0 bridgehead atoms. The van der Waals surface area contributed by atoms with E-state index in [0.717, 1.165) is 13.7 Å². The van der Waals surface area contributed by atoms with E-state index < -0.39 is 149 Å². The van der Waals surface area contributed by atoms with Crippen molar-refractivity contribution >= 4 is 84.8 Å². The second-order valence-electron chi connectivity index (χ2n) is 17.8. The average Bonchev–Trinajstić information content (AvgIpc) is 4.29. The number of imidazole rings is 1. The van der Waals surface area contributed by atoms with Gasteiger partial charge in [0.1, 0.15) is 67.1 Å². The second-order valence-corrected chi connectivity index (χ2v) is 26.2. The number of aliphatic hydroxyl groups is 2. The first-order valence-electron chi connectivity index (χ1n) is 23.0. The van der Waals surface area contributed by atoms with Gasteiger partial charge in [0.15, 0.2) is 11.2 Å². The first kappa shape index (κ1) is 57.2. The third kappa shape index (κ3) is 13.2. The standard InChI is InChI=1S/C38H50N13O20P3S3/c1-16-10-50(38(58)47-33(16)54)29-7-18(21(11-52)65-29)69-73(60,76)63-14-24-20(9-30(68-24)51-15-42-31-32(51)45-35(41)46-34(31)55)71-74(61,77)64-13-23-19(8-28(67-23)49-5-3-26(40)44-37(49)57)70-72(59,75)62-12-22-17(53)6-27(66-22)48-4-2-25(39)43-36(48)56/h2-5,10,15,17-24,27-30,52-53H,6-9,11-14H2,1H3,(H,59,75)(H,60,76)(H,61,77)(H2,39,43,56)(H2,40,44,57)(H,47,54,58)(H3,41,45,46,55)/t17-,18-,19-,20-,21+,22+,23+,24+,27+,28+,29+,30+,72?,73?,74?/m0/s1. The summed E-state index contributed by atoms with van der Waals surface area (Å²) in [7, 11) is 0. The van der Waals surface area contributed by atoms with Gasteiger partial charge in [-0.05, 0) is 42.7 Å². The Bertz CT molecular complexity index is 3480. The number of H-pyrrole nitrogens is 2. The third-order valence-electron chi connectivity index (χ3n) is 12.5. The number of hydrogen-bond acceptors (Lipinski definition) is 27. The van der Waals surface area contributed by atoms with Gasteiger partial charge in [-0.3, -0.25) is 46.9 Å². The maximum absolute atomic E-state index is 13.9. The zero-order valence-corrected chi connectivity index (χ0v) is 45.0. The number of ether oxygens (including phenoxy) is 4. The normalized spacial score (nSPS) is 29.9. The lowest BCUT2D eigenvalue weighted by Gasteiger charge is -2.27. The molecular formula is C38H50N13O20P3S3. The first-order valence-corrected chi connectivity index (χ1v) is 30.8. The van der Waals surface area contributed by atoms with E-state index in [0.29, 0.717) is 0 Å². The molecule has 77 heavy (non-hydrogen) atoms. The highest BCUT2D eigenvalue weighted by atomic mass is 32.7. The topological polar surface area (TPSA) is 457 Å². The minimum absolute atomic E-state index is 0.00585. The maximum atomic E-state index is 13.9. The van der Waals surface area contributed by atoms with Gasteiger partial charge in [0.2, 0.25) is 5.95 Å². The lowest BCUT2D eigenvalue weighted by atomic mass is 10.2. The summed E-state index contributed by atoms with van der Waals surface area (Å²) in [5.41, 5.74) is 13.6. The van der Waals surface area contributed by atoms with Crippen LogP contribution in [0.5, 0.6) is 0 Å². The summed E-state index contributed by atoms with van der Waals surface area (Å²) in [6.45, 7) is -14.2. The molecule has 39 heteroatoms. The fraction of sp³-hybridized carbons (Fsp3) is 0.553. The van der Waals surface area contributed by atoms with Crippen LogP contribution in [0.4, 0.5) is 17.6 Å². The molecular weight excluding hydrogens is 1150 g/mol. The molecule has 4 aliphatic rings. The summed E-state index contributed by atoms with van der Waals surface area (Å²) in [5.74, 6) is -0.351. The van der Waals surface area contributed by atoms with Gasteiger partial charge in [-0.25, -0.2) is 23.9 Å². The molecule has 33 nitrogen and oxygen atoms in total. The number of aryl methyl sites for hydroxylation is 1. The highest BCUT2D eigenvalue weighted by Crippen LogP contribution is 2.57. The summed E-state index contributed by atoms with van der Waals surface area (Å²) in [6, 6.07) is 2.70. The fourth-order valence-electron chi connectivity index (χ4n) is 8.80. The summed E-state index contributed by atoms with van der Waals surface area (Å²) in [6.07, 6.45) is -9.43. The van der Waals surface area contributed by atoms with Crippen LogP contribution in [0.3, 0.4) is 0 Å². The third-order valence-corrected chi connectivity index (χ3v) is 17.3. The van der Waals surface area contributed by atoms with Gasteiger partial charge in [-0.15, -0.1) is 0 Å². The van der Waals surface area contributed by atoms with Gasteiger partial charge in [0.05, 0.1) is 51.1 Å². The number of aromatic nitrogens is 10. The number of nitrogen functional groups attached to an aromatic ring is 3. The molecule has 0 aromatic carbocycles. The molecule has 0 spiro atoms. The van der Waals surface area contributed by atoms with E-state index >= 15 is 0 Å². The SMILES string of the molecule is Cc1cn([C@H]2C[C@H](OP(=O)(S)OC[C@H]3O[C@@H](n4cnc5c(=O)[nH]c(N)nc54)C[C@@H]3OP(O)(=S)OC[C@H]3O[C@@H](n4ccc(N)nc4=O)C[C@@H]3OP(O)(=S)OC[C@H]3O[C@@H](n4ccc(N)nc4=O)C[C@@H]3O)[C@@H](CO)O2)c(=O)[nH]c1=O. The zero-order chi connectivity index (χ0) is 55.3. The predicted molar refractivity (Wildman–Crippen MR) is 274 cm³/mol. The zero-order valence-electron chi connectivity index (χ0n) is 39.8. The van der Waals surface area contributed by atoms with Gasteiger partial charge in [0, 0.05) is 49.8 Å². The maximum Gasteiger partial charge on any atom is 0.386 e. The predicted octanol–water partition coefficient (Wildman–Crippen LogP) is -1.58. The highest BCUT2D eigenvalue weighted by Gasteiger charge is 2.47. The van der Waals surface area contributed by atoms with Gasteiger partial charge >= 0.3 is 37.3 Å². The van der Waals surface area contributed by atoms with Crippen LogP contribution in [0.25, 0.3) is 11.2 Å². The van der Waals surface area contributed by atoms with Crippen LogP contribution in [-0.4, -0.2) is 143 Å². The molecule has 0 radical (unpaired) electrons. The van der Waals surface area contributed by atoms with Crippen LogP contribution < -0.4 is 45.4 Å². The second kappa shape index (κ2) is 22.9. The van der Waals surface area contributed by atoms with Gasteiger partial charge < -0.3 is 74.2 Å². The van der Waals surface area contributed by atoms with Crippen molar-refractivity contribution in [3.05, 3.63) is 94.8 Å². The number of aliphatic hydroxyl groups excluding tert-OH is 2. The summed E-state index contributed by atoms with van der Waals surface area (Å²) >= 11 is 15.0. The van der Waals surface area contributed by atoms with Crippen LogP contribution in [-0.2, 0) is 74.3 Å². The number of anilines is 3. The fourth-order valence-corrected chi connectivity index (χ4v) is 13.3. The van der Waals surface area contributed by atoms with Gasteiger partial charge in [-0.1, -0.05) is 12.2 Å². The van der Waals surface area contributed by atoms with Crippen molar-refractivity contribution in [3.63, 3.8) is 0 Å². The first-order chi connectivity index (χ1) is 36.3. The van der Waals surface area contributed by atoms with Crippen LogP contribution in [0.1, 0.15) is 56.2 Å². The van der Waals surface area contributed by atoms with E-state index in [4.69, 9.17) is 86.9 Å². The van der Waals surface area contributed by atoms with Gasteiger partial charge in [0.25, 0.3) is 11.1 Å². The van der Waals surface area contributed by atoms with Crippen molar-refractivity contribution in [3.8, 4) is 0 Å². The van der Waals surface area contributed by atoms with Crippen LogP contribution in [0.2, 0.25) is 0 Å². The summed E-state index contributed by atoms with van der Waals surface area (Å²) in [4.78, 5) is 106. The van der Waals surface area contributed by atoms with E-state index in [2.05, 4.69) is 42.2 Å². The number of hydrogen-bond donors (Lipinski definition) is 10. The number of nitrogens with zero attached hydrogens (tertiary/aromatic N) is 8. The van der Waals surface area contributed by atoms with Gasteiger partial charge in [-0.2, -0.15) is 15.0 Å². The number of nitrogens with one attached hydrogen (secondary N) is 2. The lowest BCUT2D eigenvalue weighted by molar-refractivity contribution is -0.0557. The Balaban J connectivity index is 0.893. The molecule has 12 N–H and O–H groups in total. The molecule has 9 heterocycles. The Hall–Kier alpha value is -4.49. The molecule has 4 saturated heterocycles. The minimum atomic E-state index is -4.46.